The fraction of sp³-hybridized carbons (Fsp3) is 0.143. The van der Waals surface area contributed by atoms with Gasteiger partial charge in [0.25, 0.3) is 5.89 Å². The molecule has 0 fully saturated rings. The third kappa shape index (κ3) is 1.94. The molecule has 2 aromatic heterocycles. The summed E-state index contributed by atoms with van der Waals surface area (Å²) in [6, 6.07) is 11.7. The molecule has 3 heterocycles. The highest BCUT2D eigenvalue weighted by molar-refractivity contribution is 7.13. The van der Waals surface area contributed by atoms with E-state index in [1.807, 2.05) is 41.8 Å². The van der Waals surface area contributed by atoms with Gasteiger partial charge in [0.1, 0.15) is 5.75 Å². The molecule has 20 heavy (non-hydrogen) atoms. The van der Waals surface area contributed by atoms with Gasteiger partial charge in [0.2, 0.25) is 5.82 Å². The van der Waals surface area contributed by atoms with Gasteiger partial charge in [-0.3, -0.25) is 0 Å². The van der Waals surface area contributed by atoms with Crippen LogP contribution in [0.2, 0.25) is 0 Å². The molecule has 5 nitrogen and oxygen atoms in total. The van der Waals surface area contributed by atoms with E-state index >= 15 is 0 Å². The van der Waals surface area contributed by atoms with Crippen LogP contribution in [-0.2, 0) is 0 Å². The Balaban J connectivity index is 1.60. The summed E-state index contributed by atoms with van der Waals surface area (Å²) in [6.45, 7) is 0.614. The maximum atomic E-state index is 5.89. The lowest BCUT2D eigenvalue weighted by molar-refractivity contribution is 0.163. The van der Waals surface area contributed by atoms with E-state index in [4.69, 9.17) is 9.26 Å². The lowest BCUT2D eigenvalue weighted by Gasteiger charge is -2.24. The van der Waals surface area contributed by atoms with E-state index in [1.54, 1.807) is 11.3 Å². The number of nitrogens with one attached hydrogen (secondary N) is 1. The molecule has 100 valence electrons. The molecule has 0 aliphatic carbocycles. The smallest absolute Gasteiger partial charge is 0.269 e. The van der Waals surface area contributed by atoms with Gasteiger partial charge >= 0.3 is 0 Å². The fourth-order valence-corrected chi connectivity index (χ4v) is 2.77. The number of benzene rings is 1. The topological polar surface area (TPSA) is 60.2 Å². The fourth-order valence-electron chi connectivity index (χ4n) is 2.12. The van der Waals surface area contributed by atoms with Gasteiger partial charge in [0, 0.05) is 0 Å². The minimum absolute atomic E-state index is 0.258. The highest BCUT2D eigenvalue weighted by Gasteiger charge is 2.26. The largest absolute Gasteiger partial charge is 0.477 e. The van der Waals surface area contributed by atoms with Crippen molar-refractivity contribution in [3.63, 3.8) is 0 Å². The summed E-state index contributed by atoms with van der Waals surface area (Å²) in [7, 11) is 0. The van der Waals surface area contributed by atoms with Gasteiger partial charge in [-0.25, -0.2) is 0 Å². The van der Waals surface area contributed by atoms with Crippen LogP contribution in [0, 0.1) is 0 Å². The predicted molar refractivity (Wildman–Crippen MR) is 75.9 cm³/mol. The number of ether oxygens (including phenoxy) is 1. The molecule has 1 N–H and O–H groups in total. The Labute approximate surface area is 119 Å². The van der Waals surface area contributed by atoms with Crippen LogP contribution >= 0.6 is 11.3 Å². The molecule has 0 saturated carbocycles. The average molecular weight is 285 g/mol. The minimum atomic E-state index is -0.258. The molecule has 0 saturated heterocycles. The Morgan fingerprint density at radius 2 is 2.15 bits per heavy atom. The summed E-state index contributed by atoms with van der Waals surface area (Å²) in [5.74, 6) is 1.91. The number of para-hydroxylation sites is 2. The number of aromatic nitrogens is 2. The van der Waals surface area contributed by atoms with Crippen molar-refractivity contribution in [1.29, 1.82) is 0 Å². The Morgan fingerprint density at radius 1 is 1.20 bits per heavy atom. The Bertz CT molecular complexity index is 724. The minimum Gasteiger partial charge on any atom is -0.477 e. The van der Waals surface area contributed by atoms with Gasteiger partial charge < -0.3 is 14.6 Å². The molecule has 1 atom stereocenters. The monoisotopic (exact) mass is 285 g/mol. The van der Waals surface area contributed by atoms with E-state index in [-0.39, 0.29) is 6.10 Å². The van der Waals surface area contributed by atoms with Crippen LogP contribution in [-0.4, -0.2) is 16.7 Å². The highest BCUT2D eigenvalue weighted by Crippen LogP contribution is 2.33. The van der Waals surface area contributed by atoms with Crippen molar-refractivity contribution in [3.05, 3.63) is 47.7 Å². The SMILES string of the molecule is c1csc(-c2noc(C3CNc4ccccc4O3)n2)c1. The number of anilines is 1. The van der Waals surface area contributed by atoms with Gasteiger partial charge in [0.05, 0.1) is 17.1 Å². The van der Waals surface area contributed by atoms with Crippen LogP contribution in [0.4, 0.5) is 5.69 Å². The second-order valence-corrected chi connectivity index (χ2v) is 5.36. The molecule has 0 bridgehead atoms. The third-order valence-electron chi connectivity index (χ3n) is 3.09. The normalized spacial score (nSPS) is 17.1. The van der Waals surface area contributed by atoms with E-state index in [0.717, 1.165) is 16.3 Å². The van der Waals surface area contributed by atoms with Crippen LogP contribution in [0.3, 0.4) is 0 Å². The van der Waals surface area contributed by atoms with Crippen molar-refractivity contribution in [1.82, 2.24) is 10.1 Å². The van der Waals surface area contributed by atoms with Gasteiger partial charge in [-0.15, -0.1) is 11.3 Å². The van der Waals surface area contributed by atoms with Crippen LogP contribution in [0.15, 0.2) is 46.3 Å². The Kier molecular flexibility index (Phi) is 2.67. The zero-order valence-electron chi connectivity index (χ0n) is 10.4. The number of fused-ring (bicyclic) bond motifs is 1. The van der Waals surface area contributed by atoms with Gasteiger partial charge in [-0.05, 0) is 23.6 Å². The molecule has 1 aliphatic heterocycles. The molecule has 0 amide bonds. The molecular weight excluding hydrogens is 274 g/mol. The highest BCUT2D eigenvalue weighted by atomic mass is 32.1. The average Bonchev–Trinajstić information content (AvgIpc) is 3.17. The van der Waals surface area contributed by atoms with Crippen molar-refractivity contribution in [2.75, 3.05) is 11.9 Å². The van der Waals surface area contributed by atoms with E-state index < -0.39 is 0 Å². The number of hydrogen-bond donors (Lipinski definition) is 1. The Hall–Kier alpha value is -2.34. The molecule has 1 unspecified atom stereocenters. The first-order valence-electron chi connectivity index (χ1n) is 6.27. The lowest BCUT2D eigenvalue weighted by atomic mass is 10.2. The third-order valence-corrected chi connectivity index (χ3v) is 3.96. The van der Waals surface area contributed by atoms with Gasteiger partial charge in [-0.1, -0.05) is 23.4 Å². The quantitative estimate of drug-likeness (QED) is 0.782. The summed E-state index contributed by atoms with van der Waals surface area (Å²) in [5, 5.41) is 9.30. The zero-order valence-corrected chi connectivity index (χ0v) is 11.3. The van der Waals surface area contributed by atoms with E-state index in [9.17, 15) is 0 Å². The molecular formula is C14H11N3O2S. The van der Waals surface area contributed by atoms with Gasteiger partial charge in [0.15, 0.2) is 6.10 Å². The van der Waals surface area contributed by atoms with Crippen molar-refractivity contribution in [2.24, 2.45) is 0 Å². The number of hydrogen-bond acceptors (Lipinski definition) is 6. The molecule has 0 spiro atoms. The first kappa shape index (κ1) is 11.5. The molecule has 1 aromatic carbocycles. The molecule has 6 heteroatoms. The van der Waals surface area contributed by atoms with E-state index in [1.165, 1.54) is 0 Å². The lowest BCUT2D eigenvalue weighted by Crippen LogP contribution is -2.23. The first-order chi connectivity index (χ1) is 9.90. The number of thiophene rings is 1. The van der Waals surface area contributed by atoms with Gasteiger partial charge in [-0.2, -0.15) is 4.98 Å². The maximum absolute atomic E-state index is 5.89. The van der Waals surface area contributed by atoms with Crippen molar-refractivity contribution in [2.45, 2.75) is 6.10 Å². The molecule has 4 rings (SSSR count). The second kappa shape index (κ2) is 4.64. The van der Waals surface area contributed by atoms with Crippen LogP contribution in [0.25, 0.3) is 10.7 Å². The molecule has 3 aromatic rings. The zero-order chi connectivity index (χ0) is 13.4. The van der Waals surface area contributed by atoms with Crippen molar-refractivity contribution < 1.29 is 9.26 Å². The number of rotatable bonds is 2. The summed E-state index contributed by atoms with van der Waals surface area (Å²) >= 11 is 1.58. The summed E-state index contributed by atoms with van der Waals surface area (Å²) in [4.78, 5) is 5.41. The van der Waals surface area contributed by atoms with E-state index in [0.29, 0.717) is 18.3 Å². The summed E-state index contributed by atoms with van der Waals surface area (Å²) in [6.07, 6.45) is -0.258. The Morgan fingerprint density at radius 3 is 3.05 bits per heavy atom. The number of nitrogens with zero attached hydrogens (tertiary/aromatic N) is 2. The van der Waals surface area contributed by atoms with E-state index in [2.05, 4.69) is 15.5 Å². The predicted octanol–water partition coefficient (Wildman–Crippen LogP) is 3.34. The summed E-state index contributed by atoms with van der Waals surface area (Å²) in [5.41, 5.74) is 0.988. The van der Waals surface area contributed by atoms with Crippen LogP contribution < -0.4 is 10.1 Å². The maximum Gasteiger partial charge on any atom is 0.269 e. The van der Waals surface area contributed by atoms with Crippen molar-refractivity contribution >= 4 is 17.0 Å². The second-order valence-electron chi connectivity index (χ2n) is 4.42. The van der Waals surface area contributed by atoms with Crippen molar-refractivity contribution in [3.8, 4) is 16.5 Å². The van der Waals surface area contributed by atoms with Crippen LogP contribution in [0.5, 0.6) is 5.75 Å². The molecule has 0 radical (unpaired) electrons. The summed E-state index contributed by atoms with van der Waals surface area (Å²) < 4.78 is 11.2. The first-order valence-corrected chi connectivity index (χ1v) is 7.15. The molecule has 1 aliphatic rings. The standard InChI is InChI=1S/C14H11N3O2S/c1-2-5-10-9(4-1)15-8-11(18-10)14-16-13(17-19-14)12-6-3-7-20-12/h1-7,11,15H,8H2. The van der Waals surface area contributed by atoms with Crippen LogP contribution in [0.1, 0.15) is 12.0 Å².